The molecule has 3 aromatic rings. The van der Waals surface area contributed by atoms with Gasteiger partial charge in [0.25, 0.3) is 0 Å². The van der Waals surface area contributed by atoms with E-state index in [1.165, 1.54) is 12.7 Å². The Hall–Kier alpha value is -2.37. The SMILES string of the molecule is CSc1cc(-n2nc(C)cc2N)ncn1.CSc1cc(NN)ncn1. The van der Waals surface area contributed by atoms with Crippen LogP contribution in [0.4, 0.5) is 11.6 Å². The first-order chi connectivity index (χ1) is 12.1. The largest absolute Gasteiger partial charge is 0.384 e. The third-order valence-electron chi connectivity index (χ3n) is 2.91. The minimum Gasteiger partial charge on any atom is -0.384 e. The highest BCUT2D eigenvalue weighted by Gasteiger charge is 2.06. The fraction of sp³-hybridized carbons (Fsp3) is 0.214. The summed E-state index contributed by atoms with van der Waals surface area (Å²) in [5, 5.41) is 6.05. The van der Waals surface area contributed by atoms with Gasteiger partial charge in [-0.2, -0.15) is 9.78 Å². The summed E-state index contributed by atoms with van der Waals surface area (Å²) in [7, 11) is 0. The lowest BCUT2D eigenvalue weighted by atomic mass is 10.5. The van der Waals surface area contributed by atoms with Crippen molar-refractivity contribution in [1.82, 2.24) is 29.7 Å². The summed E-state index contributed by atoms with van der Waals surface area (Å²) in [5.41, 5.74) is 9.11. The maximum Gasteiger partial charge on any atom is 0.160 e. The Morgan fingerprint density at radius 2 is 1.60 bits per heavy atom. The molecule has 11 heteroatoms. The van der Waals surface area contributed by atoms with E-state index in [9.17, 15) is 0 Å². The average molecular weight is 378 g/mol. The Balaban J connectivity index is 0.000000196. The van der Waals surface area contributed by atoms with E-state index in [0.29, 0.717) is 17.5 Å². The highest BCUT2D eigenvalue weighted by atomic mass is 32.2. The molecule has 0 aliphatic carbocycles. The van der Waals surface area contributed by atoms with Crippen LogP contribution in [-0.2, 0) is 0 Å². The Bertz CT molecular complexity index is 802. The van der Waals surface area contributed by atoms with E-state index in [4.69, 9.17) is 11.6 Å². The minimum absolute atomic E-state index is 0.582. The molecule has 0 fully saturated rings. The summed E-state index contributed by atoms with van der Waals surface area (Å²) >= 11 is 3.11. The number of hydrogen-bond acceptors (Lipinski definition) is 10. The Kier molecular flexibility index (Phi) is 6.98. The van der Waals surface area contributed by atoms with Crippen LogP contribution in [0.1, 0.15) is 5.69 Å². The van der Waals surface area contributed by atoms with E-state index in [1.807, 2.05) is 25.5 Å². The summed E-state index contributed by atoms with van der Waals surface area (Å²) in [6.07, 6.45) is 6.89. The zero-order chi connectivity index (χ0) is 18.2. The first kappa shape index (κ1) is 19.0. The molecule has 0 spiro atoms. The number of nitrogen functional groups attached to an aromatic ring is 2. The van der Waals surface area contributed by atoms with Crippen LogP contribution in [0.3, 0.4) is 0 Å². The summed E-state index contributed by atoms with van der Waals surface area (Å²) in [4.78, 5) is 16.0. The third-order valence-corrected chi connectivity index (χ3v) is 4.19. The van der Waals surface area contributed by atoms with Crippen molar-refractivity contribution in [3.8, 4) is 5.82 Å². The lowest BCUT2D eigenvalue weighted by molar-refractivity contribution is 0.823. The van der Waals surface area contributed by atoms with Gasteiger partial charge in [0.15, 0.2) is 5.82 Å². The average Bonchev–Trinajstić information content (AvgIpc) is 3.00. The van der Waals surface area contributed by atoms with Gasteiger partial charge in [-0.15, -0.1) is 23.5 Å². The van der Waals surface area contributed by atoms with Crippen molar-refractivity contribution >= 4 is 35.2 Å². The Morgan fingerprint density at radius 3 is 2.16 bits per heavy atom. The van der Waals surface area contributed by atoms with Crippen LogP contribution in [0.5, 0.6) is 0 Å². The number of aryl methyl sites for hydroxylation is 1. The maximum absolute atomic E-state index is 5.80. The molecule has 0 unspecified atom stereocenters. The first-order valence-corrected chi connectivity index (χ1v) is 9.53. The van der Waals surface area contributed by atoms with Crippen molar-refractivity contribution in [2.45, 2.75) is 17.0 Å². The van der Waals surface area contributed by atoms with Crippen LogP contribution in [0, 0.1) is 6.92 Å². The number of anilines is 2. The van der Waals surface area contributed by atoms with Gasteiger partial charge >= 0.3 is 0 Å². The Labute approximate surface area is 154 Å². The van der Waals surface area contributed by atoms with Gasteiger partial charge in [-0.05, 0) is 19.4 Å². The second-order valence-electron chi connectivity index (χ2n) is 4.63. The first-order valence-electron chi connectivity index (χ1n) is 7.08. The molecule has 0 aliphatic heterocycles. The molecule has 0 aliphatic rings. The van der Waals surface area contributed by atoms with Crippen LogP contribution in [-0.4, -0.2) is 42.2 Å². The summed E-state index contributed by atoms with van der Waals surface area (Å²) in [6, 6.07) is 5.44. The molecule has 3 rings (SSSR count). The molecule has 0 aromatic carbocycles. The van der Waals surface area contributed by atoms with E-state index in [1.54, 1.807) is 40.3 Å². The van der Waals surface area contributed by atoms with Crippen molar-refractivity contribution in [1.29, 1.82) is 0 Å². The number of aromatic nitrogens is 6. The second-order valence-corrected chi connectivity index (χ2v) is 6.28. The van der Waals surface area contributed by atoms with E-state index >= 15 is 0 Å². The lowest BCUT2D eigenvalue weighted by Gasteiger charge is -2.03. The van der Waals surface area contributed by atoms with Crippen molar-refractivity contribution < 1.29 is 0 Å². The lowest BCUT2D eigenvalue weighted by Crippen LogP contribution is -2.08. The van der Waals surface area contributed by atoms with Crippen LogP contribution < -0.4 is 17.0 Å². The molecule has 9 nitrogen and oxygen atoms in total. The summed E-state index contributed by atoms with van der Waals surface area (Å²) in [6.45, 7) is 1.89. The van der Waals surface area contributed by atoms with Gasteiger partial charge < -0.3 is 11.2 Å². The summed E-state index contributed by atoms with van der Waals surface area (Å²) < 4.78 is 1.61. The standard InChI is InChI=1S/C9H11N5S.C5H8N4S/c1-6-3-7(10)14(13-6)8-4-9(15-2)12-5-11-8;1-10-5-2-4(9-6)7-3-8-5/h3-5H,10H2,1-2H3;2-3H,6H2,1H3,(H,7,8,9). The monoisotopic (exact) mass is 377 g/mol. The quantitative estimate of drug-likeness (QED) is 0.267. The number of thioether (sulfide) groups is 2. The van der Waals surface area contributed by atoms with Gasteiger partial charge in [0.05, 0.1) is 5.69 Å². The van der Waals surface area contributed by atoms with Gasteiger partial charge in [0, 0.05) is 18.2 Å². The van der Waals surface area contributed by atoms with Crippen molar-refractivity contribution in [2.24, 2.45) is 5.84 Å². The van der Waals surface area contributed by atoms with Gasteiger partial charge in [-0.1, -0.05) is 0 Å². The molecule has 25 heavy (non-hydrogen) atoms. The highest BCUT2D eigenvalue weighted by Crippen LogP contribution is 2.16. The van der Waals surface area contributed by atoms with Crippen molar-refractivity contribution in [3.63, 3.8) is 0 Å². The maximum atomic E-state index is 5.80. The van der Waals surface area contributed by atoms with E-state index in [-0.39, 0.29) is 0 Å². The van der Waals surface area contributed by atoms with Gasteiger partial charge in [0.2, 0.25) is 0 Å². The molecule has 0 saturated heterocycles. The van der Waals surface area contributed by atoms with Crippen molar-refractivity contribution in [2.75, 3.05) is 23.7 Å². The molecular formula is C14H19N9S2. The van der Waals surface area contributed by atoms with E-state index in [0.717, 1.165) is 15.7 Å². The third kappa shape index (κ3) is 5.31. The summed E-state index contributed by atoms with van der Waals surface area (Å²) in [5.74, 6) is 7.04. The van der Waals surface area contributed by atoms with Gasteiger partial charge in [0.1, 0.15) is 34.3 Å². The Morgan fingerprint density at radius 1 is 0.960 bits per heavy atom. The smallest absolute Gasteiger partial charge is 0.160 e. The predicted octanol–water partition coefficient (Wildman–Crippen LogP) is 1.76. The number of nitrogens with one attached hydrogen (secondary N) is 1. The molecule has 3 heterocycles. The van der Waals surface area contributed by atoms with Crippen LogP contribution in [0.25, 0.3) is 5.82 Å². The van der Waals surface area contributed by atoms with E-state index in [2.05, 4.69) is 30.5 Å². The zero-order valence-electron chi connectivity index (χ0n) is 14.0. The molecule has 0 atom stereocenters. The van der Waals surface area contributed by atoms with E-state index < -0.39 is 0 Å². The number of rotatable bonds is 4. The fourth-order valence-electron chi connectivity index (χ4n) is 1.79. The van der Waals surface area contributed by atoms with Crippen LogP contribution in [0.2, 0.25) is 0 Å². The van der Waals surface area contributed by atoms with Crippen molar-refractivity contribution in [3.05, 3.63) is 36.5 Å². The molecule has 3 aromatic heterocycles. The number of hydrogen-bond donors (Lipinski definition) is 3. The minimum atomic E-state index is 0.582. The second kappa shape index (κ2) is 9.20. The van der Waals surface area contributed by atoms with Gasteiger partial charge in [-0.3, -0.25) is 0 Å². The number of hydrazine groups is 1. The topological polar surface area (TPSA) is 133 Å². The molecule has 0 bridgehead atoms. The molecule has 0 radical (unpaired) electrons. The molecule has 132 valence electrons. The van der Waals surface area contributed by atoms with Crippen LogP contribution >= 0.6 is 23.5 Å². The highest BCUT2D eigenvalue weighted by molar-refractivity contribution is 7.98. The molecule has 0 saturated carbocycles. The number of nitrogens with zero attached hydrogens (tertiary/aromatic N) is 6. The number of nitrogens with two attached hydrogens (primary N) is 2. The fourth-order valence-corrected chi connectivity index (χ4v) is 2.55. The normalized spacial score (nSPS) is 10.1. The zero-order valence-corrected chi connectivity index (χ0v) is 15.7. The van der Waals surface area contributed by atoms with Crippen LogP contribution in [0.15, 0.2) is 40.9 Å². The van der Waals surface area contributed by atoms with Gasteiger partial charge in [-0.25, -0.2) is 25.8 Å². The molecule has 5 N–H and O–H groups in total. The predicted molar refractivity (Wildman–Crippen MR) is 102 cm³/mol. The molecule has 0 amide bonds. The molecular weight excluding hydrogens is 358 g/mol.